The molecule has 48 heavy (non-hydrogen) atoms. The molecule has 2 aliphatic heterocycles. The molecule has 2 aliphatic rings. The minimum absolute atomic E-state index is 0.241. The van der Waals surface area contributed by atoms with Crippen molar-refractivity contribution in [3.63, 3.8) is 0 Å². The fourth-order valence-electron chi connectivity index (χ4n) is 6.07. The molecule has 2 unspecified atom stereocenters. The summed E-state index contributed by atoms with van der Waals surface area (Å²) in [6.07, 6.45) is -0.482. The maximum Gasteiger partial charge on any atom is 0.139 e. The summed E-state index contributed by atoms with van der Waals surface area (Å²) in [7, 11) is 0. The molecule has 8 nitrogen and oxygen atoms in total. The number of hydrogen-bond donors (Lipinski definition) is 2. The van der Waals surface area contributed by atoms with Crippen molar-refractivity contribution in [2.45, 2.75) is 12.3 Å². The van der Waals surface area contributed by atoms with Crippen LogP contribution >= 0.6 is 0 Å². The molecule has 2 heterocycles. The van der Waals surface area contributed by atoms with Gasteiger partial charge in [-0.15, -0.1) is 10.9 Å². The monoisotopic (exact) mass is 628 g/mol. The van der Waals surface area contributed by atoms with E-state index >= 15 is 0 Å². The lowest BCUT2D eigenvalue weighted by molar-refractivity contribution is 0.340. The van der Waals surface area contributed by atoms with Gasteiger partial charge in [0.25, 0.3) is 0 Å². The Morgan fingerprint density at radius 3 is 1.02 bits per heavy atom. The van der Waals surface area contributed by atoms with E-state index in [0.717, 1.165) is 45.0 Å². The second-order valence-corrected chi connectivity index (χ2v) is 11.8. The van der Waals surface area contributed by atoms with E-state index in [1.807, 2.05) is 48.5 Å². The van der Waals surface area contributed by atoms with Crippen LogP contribution in [0.3, 0.4) is 0 Å². The lowest BCUT2D eigenvalue weighted by Crippen LogP contribution is -2.59. The summed E-state index contributed by atoms with van der Waals surface area (Å²) in [6, 6.07) is 58.7. The van der Waals surface area contributed by atoms with Crippen LogP contribution in [0.4, 0.5) is 22.7 Å². The Labute approximate surface area is 281 Å². The molecule has 6 aromatic carbocycles. The van der Waals surface area contributed by atoms with Gasteiger partial charge < -0.3 is 0 Å². The van der Waals surface area contributed by atoms with Gasteiger partial charge in [-0.05, 0) is 70.8 Å². The molecular weight excluding hydrogens is 592 g/mol. The van der Waals surface area contributed by atoms with Crippen LogP contribution in [-0.4, -0.2) is 13.3 Å². The molecule has 8 heteroatoms. The standard InChI is InChI=1S/C40H36N8/c1-5-13-35(14-6-1)45-29-46(36-15-7-2-8-16-36)42-39(41-45)33-25-21-31(22-26-33)32-23-27-34(28-24-32)40-43-47(37-17-9-3-10-18-37)30-48(44-40)38-19-11-4-12-20-38/h1-28,39-41,43H,29-30H2. The molecule has 0 spiro atoms. The number of nitrogens with zero attached hydrogens (tertiary/aromatic N) is 6. The third-order valence-electron chi connectivity index (χ3n) is 8.65. The molecule has 236 valence electrons. The number of anilines is 4. The van der Waals surface area contributed by atoms with Crippen LogP contribution in [0.15, 0.2) is 170 Å². The zero-order valence-electron chi connectivity index (χ0n) is 26.4. The van der Waals surface area contributed by atoms with E-state index in [0.29, 0.717) is 13.3 Å². The van der Waals surface area contributed by atoms with Gasteiger partial charge in [-0.25, -0.2) is 10.9 Å². The highest BCUT2D eigenvalue weighted by atomic mass is 15.7. The number of para-hydroxylation sites is 4. The lowest BCUT2D eigenvalue weighted by Gasteiger charge is -2.42. The Morgan fingerprint density at radius 1 is 0.375 bits per heavy atom. The van der Waals surface area contributed by atoms with E-state index < -0.39 is 0 Å². The molecule has 0 bridgehead atoms. The van der Waals surface area contributed by atoms with Gasteiger partial charge in [-0.3, -0.25) is 20.0 Å². The molecule has 2 atom stereocenters. The van der Waals surface area contributed by atoms with Gasteiger partial charge in [0.05, 0.1) is 22.7 Å². The third-order valence-corrected chi connectivity index (χ3v) is 8.65. The highest BCUT2D eigenvalue weighted by molar-refractivity contribution is 5.64. The van der Waals surface area contributed by atoms with E-state index in [1.54, 1.807) is 0 Å². The average molecular weight is 629 g/mol. The van der Waals surface area contributed by atoms with Gasteiger partial charge in [0.1, 0.15) is 25.7 Å². The van der Waals surface area contributed by atoms with Crippen molar-refractivity contribution in [2.75, 3.05) is 33.4 Å². The molecule has 0 aromatic heterocycles. The van der Waals surface area contributed by atoms with Gasteiger partial charge in [0, 0.05) is 0 Å². The minimum atomic E-state index is -0.241. The molecule has 2 N–H and O–H groups in total. The molecule has 2 fully saturated rings. The second kappa shape index (κ2) is 13.6. The summed E-state index contributed by atoms with van der Waals surface area (Å²) in [5.41, 5.74) is 26.1. The second-order valence-electron chi connectivity index (χ2n) is 11.8. The maximum absolute atomic E-state index is 5.07. The number of nitrogens with one attached hydrogen (secondary N) is 2. The number of hydrogen-bond acceptors (Lipinski definition) is 6. The maximum atomic E-state index is 5.07. The van der Waals surface area contributed by atoms with Gasteiger partial charge in [0.2, 0.25) is 0 Å². The fraction of sp³-hybridized carbons (Fsp3) is 0.100. The predicted molar refractivity (Wildman–Crippen MR) is 193 cm³/mol. The van der Waals surface area contributed by atoms with E-state index in [-0.39, 0.29) is 12.3 Å². The molecule has 0 amide bonds. The molecule has 8 rings (SSSR count). The van der Waals surface area contributed by atoms with Crippen molar-refractivity contribution in [3.05, 3.63) is 181 Å². The van der Waals surface area contributed by atoms with Gasteiger partial charge >= 0.3 is 0 Å². The first-order valence-corrected chi connectivity index (χ1v) is 16.2. The van der Waals surface area contributed by atoms with Crippen molar-refractivity contribution in [1.29, 1.82) is 0 Å². The summed E-state index contributed by atoms with van der Waals surface area (Å²) < 4.78 is 0. The molecule has 2 saturated heterocycles. The van der Waals surface area contributed by atoms with Gasteiger partial charge in [-0.1, -0.05) is 121 Å². The summed E-state index contributed by atoms with van der Waals surface area (Å²) in [6.45, 7) is 1.20. The Kier molecular flexibility index (Phi) is 8.43. The Morgan fingerprint density at radius 2 is 0.688 bits per heavy atom. The fourth-order valence-corrected chi connectivity index (χ4v) is 6.07. The van der Waals surface area contributed by atoms with Crippen LogP contribution in [0.1, 0.15) is 23.5 Å². The smallest absolute Gasteiger partial charge is 0.139 e. The van der Waals surface area contributed by atoms with Crippen molar-refractivity contribution < 1.29 is 0 Å². The van der Waals surface area contributed by atoms with Crippen molar-refractivity contribution in [2.24, 2.45) is 0 Å². The van der Waals surface area contributed by atoms with Crippen molar-refractivity contribution >= 4 is 22.7 Å². The summed E-state index contributed by atoms with van der Waals surface area (Å²) >= 11 is 0. The Hall–Kier alpha value is -5.64. The first-order valence-electron chi connectivity index (χ1n) is 16.2. The van der Waals surface area contributed by atoms with E-state index in [1.165, 1.54) is 0 Å². The zero-order valence-corrected chi connectivity index (χ0v) is 26.4. The highest BCUT2D eigenvalue weighted by Gasteiger charge is 2.29. The largest absolute Gasteiger partial charge is 0.285 e. The van der Waals surface area contributed by atoms with Crippen molar-refractivity contribution in [1.82, 2.24) is 21.7 Å². The van der Waals surface area contributed by atoms with Gasteiger partial charge in [0.15, 0.2) is 0 Å². The lowest BCUT2D eigenvalue weighted by atomic mass is 10.0. The predicted octanol–water partition coefficient (Wildman–Crippen LogP) is 7.37. The van der Waals surface area contributed by atoms with Crippen LogP contribution in [0.25, 0.3) is 11.1 Å². The van der Waals surface area contributed by atoms with Crippen LogP contribution in [0.2, 0.25) is 0 Å². The number of rotatable bonds is 7. The van der Waals surface area contributed by atoms with E-state index in [2.05, 4.69) is 152 Å². The van der Waals surface area contributed by atoms with Gasteiger partial charge in [-0.2, -0.15) is 0 Å². The van der Waals surface area contributed by atoms with Crippen LogP contribution in [-0.2, 0) is 0 Å². The Bertz CT molecular complexity index is 1650. The van der Waals surface area contributed by atoms with Crippen molar-refractivity contribution in [3.8, 4) is 11.1 Å². The molecule has 2 radical (unpaired) electrons. The van der Waals surface area contributed by atoms with E-state index in [9.17, 15) is 0 Å². The quantitative estimate of drug-likeness (QED) is 0.193. The average Bonchev–Trinajstić information content (AvgIpc) is 3.19. The molecular formula is C40H36N8. The highest BCUT2D eigenvalue weighted by Crippen LogP contribution is 2.29. The Balaban J connectivity index is 1.01. The zero-order chi connectivity index (χ0) is 32.1. The molecule has 6 aromatic rings. The molecule has 0 aliphatic carbocycles. The summed E-state index contributed by atoms with van der Waals surface area (Å²) in [5.74, 6) is 0. The topological polar surface area (TPSA) is 65.2 Å². The normalized spacial score (nSPS) is 15.9. The summed E-state index contributed by atoms with van der Waals surface area (Å²) in [5, 5.41) is 8.42. The van der Waals surface area contributed by atoms with E-state index in [4.69, 9.17) is 10.9 Å². The minimum Gasteiger partial charge on any atom is -0.285 e. The van der Waals surface area contributed by atoms with Crippen LogP contribution in [0.5, 0.6) is 0 Å². The first-order chi connectivity index (χ1) is 23.8. The first kappa shape index (κ1) is 29.7. The molecule has 0 saturated carbocycles. The number of hydrazine groups is 2. The summed E-state index contributed by atoms with van der Waals surface area (Å²) in [4.78, 5) is 0. The van der Waals surface area contributed by atoms with Crippen LogP contribution in [0, 0.1) is 0 Å². The SMILES string of the molecule is c1ccc(N2CN(c3ccccc3)NC(c3ccc(-c4ccc(C5[N]N(c6ccccc6)CN(c6ccccc6)N5)cc4)cc3)[N]2)cc1. The third kappa shape index (κ3) is 6.46. The number of benzene rings is 6. The van der Waals surface area contributed by atoms with Crippen LogP contribution < -0.4 is 41.7 Å².